The Hall–Kier alpha value is -1.03. The van der Waals surface area contributed by atoms with E-state index in [4.69, 9.17) is 23.2 Å². The zero-order valence-corrected chi connectivity index (χ0v) is 15.0. The fourth-order valence-electron chi connectivity index (χ4n) is 2.48. The normalized spacial score (nSPS) is 22.2. The van der Waals surface area contributed by atoms with Crippen molar-refractivity contribution < 1.29 is 4.79 Å². The highest BCUT2D eigenvalue weighted by Gasteiger charge is 2.63. The first-order valence-electron chi connectivity index (χ1n) is 6.88. The molecule has 0 radical (unpaired) electrons. The van der Waals surface area contributed by atoms with E-state index in [2.05, 4.69) is 21.2 Å². The number of hydrogen-bond donors (Lipinski definition) is 1. The molecule has 3 rings (SSSR count). The minimum atomic E-state index is -0.688. The number of nitrogens with one attached hydrogen (secondary N) is 1. The van der Waals surface area contributed by atoms with Crippen LogP contribution in [0.25, 0.3) is 0 Å². The third kappa shape index (κ3) is 2.78. The maximum atomic E-state index is 12.2. The van der Waals surface area contributed by atoms with Gasteiger partial charge in [-0.15, -0.1) is 23.2 Å². The Kier molecular flexibility index (Phi) is 4.00. The number of anilines is 1. The molecule has 2 aromatic carbocycles. The summed E-state index contributed by atoms with van der Waals surface area (Å²) in [5.41, 5.74) is 2.21. The van der Waals surface area contributed by atoms with Gasteiger partial charge < -0.3 is 5.32 Å². The standard InChI is InChI=1S/C17H14BrCl2NO/c1-16(10-17(16,19)20)11-6-8-12(9-7-11)21-15(22)13-4-2-3-5-14(13)18/h2-9H,10H2,1H3,(H,21,22)/t16-/m0/s1. The molecule has 1 atom stereocenters. The summed E-state index contributed by atoms with van der Waals surface area (Å²) in [5.74, 6) is -0.151. The van der Waals surface area contributed by atoms with Gasteiger partial charge in [-0.1, -0.05) is 31.2 Å². The second kappa shape index (κ2) is 5.55. The molecule has 2 nitrogen and oxygen atoms in total. The first-order valence-corrected chi connectivity index (χ1v) is 8.43. The van der Waals surface area contributed by atoms with Gasteiger partial charge >= 0.3 is 0 Å². The molecule has 5 heteroatoms. The average Bonchev–Trinajstić information content (AvgIpc) is 3.00. The molecule has 1 fully saturated rings. The van der Waals surface area contributed by atoms with Crippen LogP contribution in [0.5, 0.6) is 0 Å². The Labute approximate surface area is 147 Å². The topological polar surface area (TPSA) is 29.1 Å². The van der Waals surface area contributed by atoms with Crippen molar-refractivity contribution in [3.05, 3.63) is 64.1 Å². The van der Waals surface area contributed by atoms with Gasteiger partial charge in [0.15, 0.2) is 0 Å². The van der Waals surface area contributed by atoms with Crippen LogP contribution in [0.1, 0.15) is 29.3 Å². The van der Waals surface area contributed by atoms with Gasteiger partial charge in [-0.3, -0.25) is 4.79 Å². The van der Waals surface area contributed by atoms with E-state index in [1.54, 1.807) is 6.07 Å². The molecule has 0 saturated heterocycles. The van der Waals surface area contributed by atoms with Crippen molar-refractivity contribution in [3.63, 3.8) is 0 Å². The fourth-order valence-corrected chi connectivity index (χ4v) is 3.70. The van der Waals surface area contributed by atoms with Crippen LogP contribution in [0.3, 0.4) is 0 Å². The number of alkyl halides is 2. The van der Waals surface area contributed by atoms with E-state index >= 15 is 0 Å². The van der Waals surface area contributed by atoms with E-state index in [0.717, 1.165) is 22.1 Å². The molecule has 114 valence electrons. The molecule has 0 spiro atoms. The molecule has 0 bridgehead atoms. The van der Waals surface area contributed by atoms with Gasteiger partial charge in [-0.2, -0.15) is 0 Å². The summed E-state index contributed by atoms with van der Waals surface area (Å²) in [6.07, 6.45) is 0.742. The number of amides is 1. The van der Waals surface area contributed by atoms with E-state index in [0.29, 0.717) is 5.56 Å². The molecule has 0 aromatic heterocycles. The van der Waals surface area contributed by atoms with Crippen LogP contribution in [0.2, 0.25) is 0 Å². The zero-order valence-electron chi connectivity index (χ0n) is 11.9. The van der Waals surface area contributed by atoms with Crippen molar-refractivity contribution in [2.45, 2.75) is 23.1 Å². The van der Waals surface area contributed by atoms with Gasteiger partial charge in [0, 0.05) is 15.6 Å². The van der Waals surface area contributed by atoms with Crippen LogP contribution in [0, 0.1) is 0 Å². The molecule has 1 aliphatic rings. The number of hydrogen-bond acceptors (Lipinski definition) is 1. The molecule has 1 amide bonds. The first kappa shape index (κ1) is 15.9. The average molecular weight is 399 g/mol. The highest BCUT2D eigenvalue weighted by atomic mass is 79.9. The predicted molar refractivity (Wildman–Crippen MR) is 94.9 cm³/mol. The lowest BCUT2D eigenvalue weighted by atomic mass is 9.98. The van der Waals surface area contributed by atoms with Gasteiger partial charge in [0.1, 0.15) is 4.33 Å². The van der Waals surface area contributed by atoms with E-state index in [1.807, 2.05) is 49.4 Å². The quantitative estimate of drug-likeness (QED) is 0.676. The smallest absolute Gasteiger partial charge is 0.256 e. The predicted octanol–water partition coefficient (Wildman–Crippen LogP) is 5.54. The van der Waals surface area contributed by atoms with Gasteiger partial charge in [0.2, 0.25) is 0 Å². The summed E-state index contributed by atoms with van der Waals surface area (Å²) >= 11 is 15.8. The van der Waals surface area contributed by atoms with Gasteiger partial charge in [-0.25, -0.2) is 0 Å². The Morgan fingerprint density at radius 3 is 2.27 bits per heavy atom. The second-order valence-electron chi connectivity index (χ2n) is 5.72. The monoisotopic (exact) mass is 397 g/mol. The van der Waals surface area contributed by atoms with Crippen LogP contribution in [0.15, 0.2) is 53.0 Å². The van der Waals surface area contributed by atoms with Gasteiger partial charge in [0.05, 0.1) is 5.56 Å². The molecule has 1 aliphatic carbocycles. The third-order valence-electron chi connectivity index (χ3n) is 4.16. The van der Waals surface area contributed by atoms with Crippen LogP contribution >= 0.6 is 39.1 Å². The maximum absolute atomic E-state index is 12.2. The fraction of sp³-hybridized carbons (Fsp3) is 0.235. The van der Waals surface area contributed by atoms with Gasteiger partial charge in [-0.05, 0) is 52.2 Å². The summed E-state index contributed by atoms with van der Waals surface area (Å²) in [6, 6.07) is 15.0. The van der Waals surface area contributed by atoms with Crippen LogP contribution in [-0.2, 0) is 5.41 Å². The summed E-state index contributed by atoms with van der Waals surface area (Å²) in [6.45, 7) is 2.04. The van der Waals surface area contributed by atoms with E-state index in [9.17, 15) is 4.79 Å². The number of carbonyl (C=O) groups is 1. The number of carbonyl (C=O) groups excluding carboxylic acids is 1. The Balaban J connectivity index is 1.75. The number of halogens is 3. The molecule has 2 aromatic rings. The third-order valence-corrected chi connectivity index (χ3v) is 5.95. The lowest BCUT2D eigenvalue weighted by Crippen LogP contribution is -2.13. The van der Waals surface area contributed by atoms with Crippen molar-refractivity contribution in [1.29, 1.82) is 0 Å². The first-order chi connectivity index (χ1) is 10.3. The lowest BCUT2D eigenvalue weighted by Gasteiger charge is -2.13. The highest BCUT2D eigenvalue weighted by molar-refractivity contribution is 9.10. The van der Waals surface area contributed by atoms with Crippen molar-refractivity contribution >= 4 is 50.7 Å². The Bertz CT molecular complexity index is 730. The summed E-state index contributed by atoms with van der Waals surface area (Å²) in [4.78, 5) is 12.2. The van der Waals surface area contributed by atoms with E-state index < -0.39 is 4.33 Å². The van der Waals surface area contributed by atoms with Crippen LogP contribution < -0.4 is 5.32 Å². The molecule has 0 aliphatic heterocycles. The molecule has 1 saturated carbocycles. The number of benzene rings is 2. The van der Waals surface area contributed by atoms with Gasteiger partial charge in [0.25, 0.3) is 5.91 Å². The maximum Gasteiger partial charge on any atom is 0.256 e. The van der Waals surface area contributed by atoms with Crippen molar-refractivity contribution in [2.75, 3.05) is 5.32 Å². The van der Waals surface area contributed by atoms with Crippen molar-refractivity contribution in [3.8, 4) is 0 Å². The van der Waals surface area contributed by atoms with Crippen molar-refractivity contribution in [2.24, 2.45) is 0 Å². The molecular weight excluding hydrogens is 385 g/mol. The summed E-state index contributed by atoms with van der Waals surface area (Å²) in [7, 11) is 0. The second-order valence-corrected chi connectivity index (χ2v) is 8.06. The van der Waals surface area contributed by atoms with Crippen LogP contribution in [0.4, 0.5) is 5.69 Å². The minimum Gasteiger partial charge on any atom is -0.322 e. The van der Waals surface area contributed by atoms with E-state index in [-0.39, 0.29) is 11.3 Å². The molecule has 22 heavy (non-hydrogen) atoms. The molecule has 0 heterocycles. The van der Waals surface area contributed by atoms with Crippen molar-refractivity contribution in [1.82, 2.24) is 0 Å². The Morgan fingerprint density at radius 2 is 1.73 bits per heavy atom. The molecule has 0 unspecified atom stereocenters. The largest absolute Gasteiger partial charge is 0.322 e. The summed E-state index contributed by atoms with van der Waals surface area (Å²) < 4.78 is 0.0795. The molecule has 1 N–H and O–H groups in total. The zero-order chi connectivity index (χ0) is 16.0. The molecular formula is C17H14BrCl2NO. The number of rotatable bonds is 3. The summed E-state index contributed by atoms with van der Waals surface area (Å²) in [5, 5.41) is 2.88. The lowest BCUT2D eigenvalue weighted by molar-refractivity contribution is 0.102. The highest BCUT2D eigenvalue weighted by Crippen LogP contribution is 2.64. The minimum absolute atomic E-state index is 0.151. The SMILES string of the molecule is C[C@@]1(c2ccc(NC(=O)c3ccccc3Br)cc2)CC1(Cl)Cl. The van der Waals surface area contributed by atoms with Crippen LogP contribution in [-0.4, -0.2) is 10.2 Å². The van der Waals surface area contributed by atoms with E-state index in [1.165, 1.54) is 0 Å². The Morgan fingerprint density at radius 1 is 1.14 bits per heavy atom.